The Labute approximate surface area is 95.6 Å². The van der Waals surface area contributed by atoms with Gasteiger partial charge in [-0.15, -0.1) is 0 Å². The van der Waals surface area contributed by atoms with Crippen LogP contribution >= 0.6 is 15.9 Å². The normalized spacial score (nSPS) is 10.7. The molecule has 0 radical (unpaired) electrons. The smallest absolute Gasteiger partial charge is 0.150 e. The minimum Gasteiger partial charge on any atom is -0.388 e. The maximum absolute atomic E-state index is 13.6. The molecule has 0 saturated carbocycles. The van der Waals surface area contributed by atoms with Crippen LogP contribution in [0.5, 0.6) is 0 Å². The van der Waals surface area contributed by atoms with E-state index >= 15 is 0 Å². The summed E-state index contributed by atoms with van der Waals surface area (Å²) in [6, 6.07) is 5.18. The summed E-state index contributed by atoms with van der Waals surface area (Å²) in [7, 11) is 1.81. The fourth-order valence-electron chi connectivity index (χ4n) is 1.59. The van der Waals surface area contributed by atoms with Gasteiger partial charge in [0.05, 0.1) is 0 Å². The Hall–Kier alpha value is -1.16. The minimum atomic E-state index is -0.306. The Balaban J connectivity index is 2.89. The maximum Gasteiger partial charge on any atom is 0.150 e. The Morgan fingerprint density at radius 1 is 1.33 bits per heavy atom. The second kappa shape index (κ2) is 3.77. The predicted molar refractivity (Wildman–Crippen MR) is 63.7 cm³/mol. The van der Waals surface area contributed by atoms with Gasteiger partial charge >= 0.3 is 0 Å². The first kappa shape index (κ1) is 10.4. The number of aromatic nitrogens is 1. The SMILES string of the molecule is CNc1cc(C)nc2c(F)cc(Br)cc12. The van der Waals surface area contributed by atoms with Gasteiger partial charge in [0.2, 0.25) is 0 Å². The van der Waals surface area contributed by atoms with Crippen LogP contribution in [-0.2, 0) is 0 Å². The molecule has 1 N–H and O–H groups in total. The lowest BCUT2D eigenvalue weighted by Crippen LogP contribution is -1.95. The highest BCUT2D eigenvalue weighted by Crippen LogP contribution is 2.28. The van der Waals surface area contributed by atoms with E-state index in [4.69, 9.17) is 0 Å². The third-order valence-electron chi connectivity index (χ3n) is 2.23. The number of nitrogens with one attached hydrogen (secondary N) is 1. The second-order valence-corrected chi connectivity index (χ2v) is 4.26. The van der Waals surface area contributed by atoms with Crippen molar-refractivity contribution in [3.8, 4) is 0 Å². The molecule has 0 spiro atoms. The van der Waals surface area contributed by atoms with E-state index in [2.05, 4.69) is 26.2 Å². The summed E-state index contributed by atoms with van der Waals surface area (Å²) in [6.07, 6.45) is 0. The highest BCUT2D eigenvalue weighted by Gasteiger charge is 2.08. The molecular formula is C11H10BrFN2. The van der Waals surface area contributed by atoms with Crippen LogP contribution in [0.4, 0.5) is 10.1 Å². The first-order valence-electron chi connectivity index (χ1n) is 4.56. The fraction of sp³-hybridized carbons (Fsp3) is 0.182. The molecule has 1 aromatic carbocycles. The number of anilines is 1. The van der Waals surface area contributed by atoms with E-state index < -0.39 is 0 Å². The Bertz CT molecular complexity index is 525. The molecule has 0 bridgehead atoms. The second-order valence-electron chi connectivity index (χ2n) is 3.34. The molecule has 0 aliphatic carbocycles. The summed E-state index contributed by atoms with van der Waals surface area (Å²) < 4.78 is 14.3. The number of hydrogen-bond acceptors (Lipinski definition) is 2. The number of hydrogen-bond donors (Lipinski definition) is 1. The van der Waals surface area contributed by atoms with E-state index in [1.807, 2.05) is 26.1 Å². The zero-order chi connectivity index (χ0) is 11.0. The van der Waals surface area contributed by atoms with Gasteiger partial charge < -0.3 is 5.32 Å². The minimum absolute atomic E-state index is 0.306. The van der Waals surface area contributed by atoms with Crippen molar-refractivity contribution in [2.45, 2.75) is 6.92 Å². The number of benzene rings is 1. The average molecular weight is 269 g/mol. The van der Waals surface area contributed by atoms with Gasteiger partial charge in [-0.1, -0.05) is 15.9 Å². The zero-order valence-corrected chi connectivity index (χ0v) is 10.0. The lowest BCUT2D eigenvalue weighted by molar-refractivity contribution is 0.635. The summed E-state index contributed by atoms with van der Waals surface area (Å²) in [5.41, 5.74) is 2.09. The van der Waals surface area contributed by atoms with Gasteiger partial charge in [0.1, 0.15) is 5.52 Å². The quantitative estimate of drug-likeness (QED) is 0.857. The number of aryl methyl sites for hydroxylation is 1. The van der Waals surface area contributed by atoms with Crippen molar-refractivity contribution in [3.63, 3.8) is 0 Å². The van der Waals surface area contributed by atoms with Gasteiger partial charge in [0.25, 0.3) is 0 Å². The third-order valence-corrected chi connectivity index (χ3v) is 2.69. The first-order valence-corrected chi connectivity index (χ1v) is 5.35. The van der Waals surface area contributed by atoms with Crippen molar-refractivity contribution in [2.24, 2.45) is 0 Å². The Morgan fingerprint density at radius 3 is 2.73 bits per heavy atom. The lowest BCUT2D eigenvalue weighted by Gasteiger charge is -2.08. The van der Waals surface area contributed by atoms with Gasteiger partial charge in [0.15, 0.2) is 5.82 Å². The van der Waals surface area contributed by atoms with Crippen LogP contribution < -0.4 is 5.32 Å². The molecule has 1 aromatic heterocycles. The molecule has 0 atom stereocenters. The summed E-state index contributed by atoms with van der Waals surface area (Å²) in [4.78, 5) is 4.19. The Morgan fingerprint density at radius 2 is 2.07 bits per heavy atom. The number of nitrogens with zero attached hydrogens (tertiary/aromatic N) is 1. The number of fused-ring (bicyclic) bond motifs is 1. The van der Waals surface area contributed by atoms with Crippen molar-refractivity contribution in [1.82, 2.24) is 4.98 Å². The van der Waals surface area contributed by atoms with Crippen LogP contribution in [0.1, 0.15) is 5.69 Å². The highest BCUT2D eigenvalue weighted by molar-refractivity contribution is 9.10. The van der Waals surface area contributed by atoms with Crippen LogP contribution in [0.2, 0.25) is 0 Å². The van der Waals surface area contributed by atoms with Crippen LogP contribution in [-0.4, -0.2) is 12.0 Å². The maximum atomic E-state index is 13.6. The molecule has 1 heterocycles. The molecule has 0 saturated heterocycles. The van der Waals surface area contributed by atoms with Gasteiger partial charge in [-0.05, 0) is 25.1 Å². The number of pyridine rings is 1. The van der Waals surface area contributed by atoms with Gasteiger partial charge in [-0.25, -0.2) is 9.37 Å². The van der Waals surface area contributed by atoms with Gasteiger partial charge in [0, 0.05) is 28.3 Å². The van der Waals surface area contributed by atoms with Crippen molar-refractivity contribution < 1.29 is 4.39 Å². The average Bonchev–Trinajstić information content (AvgIpc) is 2.18. The lowest BCUT2D eigenvalue weighted by atomic mass is 10.1. The monoisotopic (exact) mass is 268 g/mol. The highest BCUT2D eigenvalue weighted by atomic mass is 79.9. The van der Waals surface area contributed by atoms with Gasteiger partial charge in [-0.3, -0.25) is 0 Å². The van der Waals surface area contributed by atoms with Crippen molar-refractivity contribution in [2.75, 3.05) is 12.4 Å². The van der Waals surface area contributed by atoms with Crippen molar-refractivity contribution in [1.29, 1.82) is 0 Å². The zero-order valence-electron chi connectivity index (χ0n) is 8.44. The molecule has 78 valence electrons. The largest absolute Gasteiger partial charge is 0.388 e. The molecule has 0 amide bonds. The molecular weight excluding hydrogens is 259 g/mol. The van der Waals surface area contributed by atoms with Crippen LogP contribution in [0, 0.1) is 12.7 Å². The molecule has 0 aliphatic rings. The topological polar surface area (TPSA) is 24.9 Å². The van der Waals surface area contributed by atoms with E-state index in [-0.39, 0.29) is 5.82 Å². The summed E-state index contributed by atoms with van der Waals surface area (Å²) in [5.74, 6) is -0.306. The number of rotatable bonds is 1. The summed E-state index contributed by atoms with van der Waals surface area (Å²) in [5, 5.41) is 3.82. The van der Waals surface area contributed by atoms with E-state index in [1.165, 1.54) is 6.07 Å². The number of halogens is 2. The molecule has 15 heavy (non-hydrogen) atoms. The Kier molecular flexibility index (Phi) is 2.61. The molecule has 0 fully saturated rings. The molecule has 2 rings (SSSR count). The molecule has 2 aromatic rings. The predicted octanol–water partition coefficient (Wildman–Crippen LogP) is 3.49. The standard InChI is InChI=1S/C11H10BrFN2/c1-6-3-10(14-2)8-4-7(12)5-9(13)11(8)15-6/h3-5H,1-2H3,(H,14,15). The van der Waals surface area contributed by atoms with E-state index in [1.54, 1.807) is 0 Å². The molecule has 2 nitrogen and oxygen atoms in total. The van der Waals surface area contributed by atoms with Crippen molar-refractivity contribution in [3.05, 3.63) is 34.2 Å². The van der Waals surface area contributed by atoms with Crippen LogP contribution in [0.3, 0.4) is 0 Å². The van der Waals surface area contributed by atoms with Crippen LogP contribution in [0.25, 0.3) is 10.9 Å². The first-order chi connectivity index (χ1) is 7.11. The van der Waals surface area contributed by atoms with E-state index in [0.29, 0.717) is 5.52 Å². The van der Waals surface area contributed by atoms with E-state index in [0.717, 1.165) is 21.2 Å². The van der Waals surface area contributed by atoms with E-state index in [9.17, 15) is 4.39 Å². The summed E-state index contributed by atoms with van der Waals surface area (Å²) >= 11 is 3.27. The fourth-order valence-corrected chi connectivity index (χ4v) is 2.02. The van der Waals surface area contributed by atoms with Crippen molar-refractivity contribution >= 4 is 32.5 Å². The molecule has 0 aliphatic heterocycles. The summed E-state index contributed by atoms with van der Waals surface area (Å²) in [6.45, 7) is 1.85. The third kappa shape index (κ3) is 1.81. The van der Waals surface area contributed by atoms with Crippen LogP contribution in [0.15, 0.2) is 22.7 Å². The van der Waals surface area contributed by atoms with Gasteiger partial charge in [-0.2, -0.15) is 0 Å². The molecule has 0 unspecified atom stereocenters. The molecule has 4 heteroatoms.